The van der Waals surface area contributed by atoms with Gasteiger partial charge in [0.2, 0.25) is 5.90 Å². The van der Waals surface area contributed by atoms with Gasteiger partial charge in [-0.3, -0.25) is 0 Å². The van der Waals surface area contributed by atoms with Crippen LogP contribution in [0.2, 0.25) is 0 Å². The van der Waals surface area contributed by atoms with E-state index in [0.29, 0.717) is 12.5 Å². The van der Waals surface area contributed by atoms with Gasteiger partial charge < -0.3 is 9.47 Å². The molecule has 0 aromatic heterocycles. The molecule has 3 rings (SSSR count). The van der Waals surface area contributed by atoms with Crippen molar-refractivity contribution in [1.29, 1.82) is 0 Å². The monoisotopic (exact) mass is 371 g/mol. The van der Waals surface area contributed by atoms with Gasteiger partial charge in [0, 0.05) is 10.0 Å². The Morgan fingerprint density at radius 3 is 2.70 bits per heavy atom. The second-order valence-electron chi connectivity index (χ2n) is 4.85. The Morgan fingerprint density at radius 1 is 1.22 bits per heavy atom. The molecule has 0 saturated heterocycles. The van der Waals surface area contributed by atoms with E-state index in [1.807, 2.05) is 55.5 Å². The van der Waals surface area contributed by atoms with Gasteiger partial charge in [0.25, 0.3) is 0 Å². The smallest absolute Gasteiger partial charge is 0.363 e. The van der Waals surface area contributed by atoms with Crippen LogP contribution in [0, 0.1) is 0 Å². The van der Waals surface area contributed by atoms with Crippen LogP contribution in [0.15, 0.2) is 63.7 Å². The SMILES string of the molecule is CCOc1ccc(/C=C2\N=C(c3cccc(Br)c3)OC2=O)cc1. The summed E-state index contributed by atoms with van der Waals surface area (Å²) in [6, 6.07) is 14.9. The third-order valence-electron chi connectivity index (χ3n) is 3.19. The molecule has 0 radical (unpaired) electrons. The van der Waals surface area contributed by atoms with E-state index in [-0.39, 0.29) is 5.70 Å². The Bertz CT molecular complexity index is 794. The Morgan fingerprint density at radius 2 is 2.00 bits per heavy atom. The quantitative estimate of drug-likeness (QED) is 0.597. The lowest BCUT2D eigenvalue weighted by Crippen LogP contribution is -2.05. The van der Waals surface area contributed by atoms with Crippen molar-refractivity contribution < 1.29 is 14.3 Å². The summed E-state index contributed by atoms with van der Waals surface area (Å²) in [6.07, 6.45) is 1.70. The maximum absolute atomic E-state index is 12.0. The highest BCUT2D eigenvalue weighted by atomic mass is 79.9. The summed E-state index contributed by atoms with van der Waals surface area (Å²) < 4.78 is 11.5. The zero-order valence-corrected chi connectivity index (χ0v) is 14.0. The largest absolute Gasteiger partial charge is 0.494 e. The summed E-state index contributed by atoms with van der Waals surface area (Å²) in [5, 5.41) is 0. The summed E-state index contributed by atoms with van der Waals surface area (Å²) in [5.41, 5.74) is 1.89. The van der Waals surface area contributed by atoms with Crippen LogP contribution in [0.1, 0.15) is 18.1 Å². The van der Waals surface area contributed by atoms with Crippen LogP contribution in [0.3, 0.4) is 0 Å². The fraction of sp³-hybridized carbons (Fsp3) is 0.111. The van der Waals surface area contributed by atoms with Crippen molar-refractivity contribution in [1.82, 2.24) is 0 Å². The number of halogens is 1. The van der Waals surface area contributed by atoms with Crippen LogP contribution in [-0.4, -0.2) is 18.5 Å². The molecular weight excluding hydrogens is 358 g/mol. The van der Waals surface area contributed by atoms with Crippen molar-refractivity contribution in [2.45, 2.75) is 6.92 Å². The van der Waals surface area contributed by atoms with Crippen molar-refractivity contribution in [3.63, 3.8) is 0 Å². The number of aliphatic imine (C=N–C) groups is 1. The lowest BCUT2D eigenvalue weighted by atomic mass is 10.2. The minimum absolute atomic E-state index is 0.282. The maximum Gasteiger partial charge on any atom is 0.363 e. The third-order valence-corrected chi connectivity index (χ3v) is 3.68. The Labute approximate surface area is 142 Å². The molecule has 0 N–H and O–H groups in total. The third kappa shape index (κ3) is 3.68. The van der Waals surface area contributed by atoms with Gasteiger partial charge in [-0.05, 0) is 48.9 Å². The number of carbonyl (C=O) groups is 1. The molecule has 0 fully saturated rings. The van der Waals surface area contributed by atoms with E-state index in [1.165, 1.54) is 0 Å². The maximum atomic E-state index is 12.0. The van der Waals surface area contributed by atoms with Gasteiger partial charge in [-0.15, -0.1) is 0 Å². The normalized spacial score (nSPS) is 15.5. The molecule has 0 unspecified atom stereocenters. The highest BCUT2D eigenvalue weighted by molar-refractivity contribution is 9.10. The molecule has 5 heteroatoms. The number of benzene rings is 2. The van der Waals surface area contributed by atoms with E-state index < -0.39 is 5.97 Å². The predicted octanol–water partition coefficient (Wildman–Crippen LogP) is 4.19. The van der Waals surface area contributed by atoms with Crippen molar-refractivity contribution in [3.8, 4) is 5.75 Å². The van der Waals surface area contributed by atoms with E-state index >= 15 is 0 Å². The fourth-order valence-corrected chi connectivity index (χ4v) is 2.54. The average Bonchev–Trinajstić information content (AvgIpc) is 2.91. The van der Waals surface area contributed by atoms with Gasteiger partial charge in [0.1, 0.15) is 5.75 Å². The van der Waals surface area contributed by atoms with E-state index in [4.69, 9.17) is 9.47 Å². The van der Waals surface area contributed by atoms with Gasteiger partial charge >= 0.3 is 5.97 Å². The lowest BCUT2D eigenvalue weighted by Gasteiger charge is -2.02. The molecule has 4 nitrogen and oxygen atoms in total. The molecule has 116 valence electrons. The number of nitrogens with zero attached hydrogens (tertiary/aromatic N) is 1. The number of esters is 1. The molecule has 0 amide bonds. The first-order chi connectivity index (χ1) is 11.2. The van der Waals surface area contributed by atoms with Crippen LogP contribution in [0.5, 0.6) is 5.75 Å². The molecule has 0 saturated carbocycles. The average molecular weight is 372 g/mol. The van der Waals surface area contributed by atoms with Crippen LogP contribution in [-0.2, 0) is 9.53 Å². The summed E-state index contributed by atoms with van der Waals surface area (Å²) in [6.45, 7) is 2.55. The summed E-state index contributed by atoms with van der Waals surface area (Å²) in [7, 11) is 0. The summed E-state index contributed by atoms with van der Waals surface area (Å²) >= 11 is 3.39. The Kier molecular flexibility index (Phi) is 4.57. The molecule has 1 heterocycles. The van der Waals surface area contributed by atoms with Crippen molar-refractivity contribution in [3.05, 3.63) is 69.8 Å². The first-order valence-corrected chi connectivity index (χ1v) is 7.96. The first-order valence-electron chi connectivity index (χ1n) is 7.17. The van der Waals surface area contributed by atoms with Crippen LogP contribution < -0.4 is 4.74 Å². The lowest BCUT2D eigenvalue weighted by molar-refractivity contribution is -0.129. The minimum atomic E-state index is -0.450. The van der Waals surface area contributed by atoms with Crippen LogP contribution in [0.4, 0.5) is 0 Å². The van der Waals surface area contributed by atoms with Crippen LogP contribution >= 0.6 is 15.9 Å². The number of hydrogen-bond acceptors (Lipinski definition) is 4. The fourth-order valence-electron chi connectivity index (χ4n) is 2.14. The van der Waals surface area contributed by atoms with E-state index in [0.717, 1.165) is 21.3 Å². The second-order valence-corrected chi connectivity index (χ2v) is 5.76. The molecule has 1 aliphatic heterocycles. The van der Waals surface area contributed by atoms with E-state index in [1.54, 1.807) is 6.08 Å². The molecule has 0 aliphatic carbocycles. The second kappa shape index (κ2) is 6.79. The number of ether oxygens (including phenoxy) is 2. The molecule has 0 spiro atoms. The molecule has 2 aromatic carbocycles. The number of carbonyl (C=O) groups excluding carboxylic acids is 1. The zero-order valence-electron chi connectivity index (χ0n) is 12.5. The van der Waals surface area contributed by atoms with Gasteiger partial charge in [-0.2, -0.15) is 0 Å². The zero-order chi connectivity index (χ0) is 16.2. The van der Waals surface area contributed by atoms with Gasteiger partial charge in [-0.1, -0.05) is 34.1 Å². The van der Waals surface area contributed by atoms with Crippen molar-refractivity contribution in [2.75, 3.05) is 6.61 Å². The molecule has 2 aromatic rings. The minimum Gasteiger partial charge on any atom is -0.494 e. The van der Waals surface area contributed by atoms with Crippen molar-refractivity contribution in [2.24, 2.45) is 4.99 Å². The molecule has 0 atom stereocenters. The number of cyclic esters (lactones) is 1. The molecular formula is C18H14BrNO3. The molecule has 0 bridgehead atoms. The molecule has 23 heavy (non-hydrogen) atoms. The van der Waals surface area contributed by atoms with E-state index in [9.17, 15) is 4.79 Å². The topological polar surface area (TPSA) is 47.9 Å². The number of hydrogen-bond donors (Lipinski definition) is 0. The van der Waals surface area contributed by atoms with Crippen LogP contribution in [0.25, 0.3) is 6.08 Å². The van der Waals surface area contributed by atoms with Crippen molar-refractivity contribution >= 4 is 33.9 Å². The van der Waals surface area contributed by atoms with Gasteiger partial charge in [0.15, 0.2) is 5.70 Å². The molecule has 1 aliphatic rings. The van der Waals surface area contributed by atoms with E-state index in [2.05, 4.69) is 20.9 Å². The Balaban J connectivity index is 1.85. The Hall–Kier alpha value is -2.40. The highest BCUT2D eigenvalue weighted by Gasteiger charge is 2.24. The highest BCUT2D eigenvalue weighted by Crippen LogP contribution is 2.22. The standard InChI is InChI=1S/C18H14BrNO3/c1-2-22-15-8-6-12(7-9-15)10-16-18(21)23-17(20-16)13-4-3-5-14(19)11-13/h3-11H,2H2,1H3/b16-10-. The predicted molar refractivity (Wildman–Crippen MR) is 92.4 cm³/mol. The summed E-state index contributed by atoms with van der Waals surface area (Å²) in [5.74, 6) is 0.657. The number of rotatable bonds is 4. The van der Waals surface area contributed by atoms with Gasteiger partial charge in [-0.25, -0.2) is 9.79 Å². The first kappa shape index (κ1) is 15.5. The summed E-state index contributed by atoms with van der Waals surface area (Å²) in [4.78, 5) is 16.3. The van der Waals surface area contributed by atoms with Gasteiger partial charge in [0.05, 0.1) is 6.61 Å².